The molecule has 0 saturated heterocycles. The van der Waals surface area contributed by atoms with Gasteiger partial charge in [-0.2, -0.15) is 5.10 Å². The number of fused-ring (bicyclic) bond motifs is 1. The lowest BCUT2D eigenvalue weighted by Crippen LogP contribution is -2.17. The van der Waals surface area contributed by atoms with Crippen molar-refractivity contribution in [3.63, 3.8) is 0 Å². The summed E-state index contributed by atoms with van der Waals surface area (Å²) >= 11 is 0. The second-order valence-corrected chi connectivity index (χ2v) is 5.97. The van der Waals surface area contributed by atoms with Crippen LogP contribution in [0.5, 0.6) is 5.75 Å². The molecule has 3 aromatic rings. The lowest BCUT2D eigenvalue weighted by atomic mass is 10.0. The molecule has 26 heavy (non-hydrogen) atoms. The number of rotatable bonds is 7. The smallest absolute Gasteiger partial charge is 0.271 e. The maximum Gasteiger partial charge on any atom is 0.271 e. The van der Waals surface area contributed by atoms with Crippen LogP contribution in [0.3, 0.4) is 0 Å². The molecule has 0 unspecified atom stereocenters. The molecule has 0 aliphatic heterocycles. The maximum atomic E-state index is 12.1. The molecular formula is C22H22N2O2. The molecule has 0 radical (unpaired) electrons. The first-order valence-corrected chi connectivity index (χ1v) is 8.82. The third-order valence-electron chi connectivity index (χ3n) is 4.08. The molecular weight excluding hydrogens is 324 g/mol. The van der Waals surface area contributed by atoms with Gasteiger partial charge in [0.25, 0.3) is 5.91 Å². The number of ether oxygens (including phenoxy) is 1. The molecule has 4 heteroatoms. The number of hydrogen-bond donors (Lipinski definition) is 1. The zero-order valence-electron chi connectivity index (χ0n) is 14.8. The Morgan fingerprint density at radius 3 is 2.62 bits per heavy atom. The largest absolute Gasteiger partial charge is 0.493 e. The predicted molar refractivity (Wildman–Crippen MR) is 106 cm³/mol. The van der Waals surface area contributed by atoms with Gasteiger partial charge in [0.05, 0.1) is 12.8 Å². The van der Waals surface area contributed by atoms with Gasteiger partial charge in [-0.05, 0) is 35.4 Å². The van der Waals surface area contributed by atoms with Crippen LogP contribution in [-0.2, 0) is 0 Å². The molecule has 0 aromatic heterocycles. The standard InChI is InChI=1S/C22H22N2O2/c1-2-3-15-26-21-14-13-17-9-7-8-12-19(17)20(21)16-23-24-22(25)18-10-5-4-6-11-18/h4-14,16H,2-3,15H2,1H3,(H,24,25)/b23-16+. The van der Waals surface area contributed by atoms with Crippen molar-refractivity contribution in [3.05, 3.63) is 77.9 Å². The Kier molecular flexibility index (Phi) is 5.99. The van der Waals surface area contributed by atoms with Gasteiger partial charge in [0.15, 0.2) is 0 Å². The lowest BCUT2D eigenvalue weighted by Gasteiger charge is -2.11. The minimum atomic E-state index is -0.240. The minimum Gasteiger partial charge on any atom is -0.493 e. The van der Waals surface area contributed by atoms with Crippen LogP contribution < -0.4 is 10.2 Å². The molecule has 0 heterocycles. The molecule has 3 aromatic carbocycles. The van der Waals surface area contributed by atoms with Gasteiger partial charge in [-0.3, -0.25) is 4.79 Å². The summed E-state index contributed by atoms with van der Waals surface area (Å²) in [6.07, 6.45) is 3.72. The molecule has 0 spiro atoms. The zero-order chi connectivity index (χ0) is 18.2. The molecule has 1 amide bonds. The number of hydrogen-bond acceptors (Lipinski definition) is 3. The van der Waals surface area contributed by atoms with Gasteiger partial charge in [-0.15, -0.1) is 0 Å². The highest BCUT2D eigenvalue weighted by Gasteiger charge is 2.08. The van der Waals surface area contributed by atoms with Crippen molar-refractivity contribution in [2.75, 3.05) is 6.61 Å². The van der Waals surface area contributed by atoms with Gasteiger partial charge in [-0.25, -0.2) is 5.43 Å². The second-order valence-electron chi connectivity index (χ2n) is 5.97. The Bertz CT molecular complexity index is 904. The summed E-state index contributed by atoms with van der Waals surface area (Å²) in [7, 11) is 0. The molecule has 3 rings (SSSR count). The Hall–Kier alpha value is -3.14. The Labute approximate surface area is 153 Å². The van der Waals surface area contributed by atoms with Gasteiger partial charge in [0.1, 0.15) is 5.75 Å². The van der Waals surface area contributed by atoms with E-state index in [0.29, 0.717) is 12.2 Å². The van der Waals surface area contributed by atoms with Crippen LogP contribution in [-0.4, -0.2) is 18.7 Å². The van der Waals surface area contributed by atoms with Gasteiger partial charge < -0.3 is 4.74 Å². The van der Waals surface area contributed by atoms with Crippen molar-refractivity contribution in [3.8, 4) is 5.75 Å². The van der Waals surface area contributed by atoms with Gasteiger partial charge in [0, 0.05) is 11.1 Å². The third kappa shape index (κ3) is 4.28. The van der Waals surface area contributed by atoms with Crippen molar-refractivity contribution in [1.82, 2.24) is 5.43 Å². The Morgan fingerprint density at radius 1 is 1.04 bits per heavy atom. The Morgan fingerprint density at radius 2 is 1.81 bits per heavy atom. The van der Waals surface area contributed by atoms with E-state index in [1.165, 1.54) is 0 Å². The van der Waals surface area contributed by atoms with E-state index >= 15 is 0 Å². The van der Waals surface area contributed by atoms with Crippen LogP contribution in [0, 0.1) is 0 Å². The summed E-state index contributed by atoms with van der Waals surface area (Å²) < 4.78 is 5.92. The highest BCUT2D eigenvalue weighted by molar-refractivity contribution is 6.03. The van der Waals surface area contributed by atoms with E-state index in [9.17, 15) is 4.79 Å². The number of hydrazone groups is 1. The highest BCUT2D eigenvalue weighted by Crippen LogP contribution is 2.26. The summed E-state index contributed by atoms with van der Waals surface area (Å²) in [6.45, 7) is 2.79. The summed E-state index contributed by atoms with van der Waals surface area (Å²) in [5.41, 5.74) is 4.02. The molecule has 1 N–H and O–H groups in total. The van der Waals surface area contributed by atoms with Gasteiger partial charge in [0.2, 0.25) is 0 Å². The van der Waals surface area contributed by atoms with Crippen LogP contribution in [0.1, 0.15) is 35.7 Å². The molecule has 0 fully saturated rings. The van der Waals surface area contributed by atoms with Crippen molar-refractivity contribution >= 4 is 22.9 Å². The first kappa shape index (κ1) is 17.7. The number of amides is 1. The summed E-state index contributed by atoms with van der Waals surface area (Å²) in [5, 5.41) is 6.30. The maximum absolute atomic E-state index is 12.1. The fraction of sp³-hybridized carbons (Fsp3) is 0.182. The van der Waals surface area contributed by atoms with Crippen LogP contribution in [0.15, 0.2) is 71.8 Å². The SMILES string of the molecule is CCCCOc1ccc2ccccc2c1/C=N/NC(=O)c1ccccc1. The molecule has 0 aliphatic rings. The number of nitrogens with zero attached hydrogens (tertiary/aromatic N) is 1. The monoisotopic (exact) mass is 346 g/mol. The third-order valence-corrected chi connectivity index (χ3v) is 4.08. The summed E-state index contributed by atoms with van der Waals surface area (Å²) in [5.74, 6) is 0.533. The predicted octanol–water partition coefficient (Wildman–Crippen LogP) is 4.78. The molecule has 0 bridgehead atoms. The van der Waals surface area contributed by atoms with Crippen molar-refractivity contribution in [2.45, 2.75) is 19.8 Å². The fourth-order valence-corrected chi connectivity index (χ4v) is 2.67. The number of carbonyl (C=O) groups excluding carboxylic acids is 1. The van der Waals surface area contributed by atoms with E-state index < -0.39 is 0 Å². The molecule has 132 valence electrons. The quantitative estimate of drug-likeness (QED) is 0.380. The minimum absolute atomic E-state index is 0.240. The van der Waals surface area contributed by atoms with Gasteiger partial charge >= 0.3 is 0 Å². The zero-order valence-corrected chi connectivity index (χ0v) is 14.8. The molecule has 0 saturated carbocycles. The summed E-state index contributed by atoms with van der Waals surface area (Å²) in [4.78, 5) is 12.1. The van der Waals surface area contributed by atoms with Crippen molar-refractivity contribution in [1.29, 1.82) is 0 Å². The second kappa shape index (κ2) is 8.81. The number of carbonyl (C=O) groups is 1. The topological polar surface area (TPSA) is 50.7 Å². The van der Waals surface area contributed by atoms with E-state index in [1.54, 1.807) is 18.3 Å². The lowest BCUT2D eigenvalue weighted by molar-refractivity contribution is 0.0955. The average Bonchev–Trinajstić information content (AvgIpc) is 2.69. The van der Waals surface area contributed by atoms with Crippen LogP contribution in [0.4, 0.5) is 0 Å². The average molecular weight is 346 g/mol. The number of nitrogens with one attached hydrogen (secondary N) is 1. The van der Waals surface area contributed by atoms with E-state index in [0.717, 1.165) is 34.9 Å². The summed E-state index contributed by atoms with van der Waals surface area (Å²) in [6, 6.07) is 21.1. The molecule has 4 nitrogen and oxygen atoms in total. The van der Waals surface area contributed by atoms with Crippen molar-refractivity contribution in [2.24, 2.45) is 5.10 Å². The normalized spacial score (nSPS) is 11.0. The molecule has 0 aliphatic carbocycles. The van der Waals surface area contributed by atoms with E-state index in [-0.39, 0.29) is 5.91 Å². The van der Waals surface area contributed by atoms with Crippen molar-refractivity contribution < 1.29 is 9.53 Å². The molecule has 0 atom stereocenters. The van der Waals surface area contributed by atoms with Crippen LogP contribution >= 0.6 is 0 Å². The fourth-order valence-electron chi connectivity index (χ4n) is 2.67. The number of benzene rings is 3. The first-order valence-electron chi connectivity index (χ1n) is 8.82. The first-order chi connectivity index (χ1) is 12.8. The highest BCUT2D eigenvalue weighted by atomic mass is 16.5. The van der Waals surface area contributed by atoms with E-state index in [4.69, 9.17) is 4.74 Å². The van der Waals surface area contributed by atoms with Crippen LogP contribution in [0.25, 0.3) is 10.8 Å². The van der Waals surface area contributed by atoms with E-state index in [1.807, 2.05) is 54.6 Å². The van der Waals surface area contributed by atoms with Gasteiger partial charge in [-0.1, -0.05) is 61.9 Å². The van der Waals surface area contributed by atoms with E-state index in [2.05, 4.69) is 17.5 Å². The van der Waals surface area contributed by atoms with Crippen LogP contribution in [0.2, 0.25) is 0 Å². The Balaban J connectivity index is 1.84. The number of unbranched alkanes of at least 4 members (excludes halogenated alkanes) is 1.